The van der Waals surface area contributed by atoms with Crippen molar-refractivity contribution in [3.05, 3.63) is 48.5 Å². The van der Waals surface area contributed by atoms with E-state index in [-0.39, 0.29) is 30.0 Å². The van der Waals surface area contributed by atoms with Crippen LogP contribution in [0.3, 0.4) is 0 Å². The van der Waals surface area contributed by atoms with Gasteiger partial charge in [-0.15, -0.1) is 12.6 Å². The standard InChI is InChI=1S/C22H22ClF3N4O2S/c1-21(14-9-27-11-28-10-14,20(32)29-17-7-13-6-12(17)8-22(13,25)26)30(19(31)18(23)24)15-2-4-16(33)5-3-15/h2-5,9-13,17-18,33H,6-8H2,1H3,(H,29,32)/t12?,13?,17-,18+,21+/m1/s1. The molecule has 33 heavy (non-hydrogen) atoms. The first-order valence-electron chi connectivity index (χ1n) is 10.4. The third-order valence-corrected chi connectivity index (χ3v) is 7.15. The molecule has 2 unspecified atom stereocenters. The molecular formula is C22H22ClF3N4O2S. The maximum absolute atomic E-state index is 14.1. The molecule has 5 atom stereocenters. The van der Waals surface area contributed by atoms with Crippen LogP contribution in [0.25, 0.3) is 0 Å². The third-order valence-electron chi connectivity index (χ3n) is 6.67. The number of alkyl halides is 4. The Morgan fingerprint density at radius 2 is 1.88 bits per heavy atom. The van der Waals surface area contributed by atoms with Crippen LogP contribution in [0, 0.1) is 11.8 Å². The molecule has 2 bridgehead atoms. The Bertz CT molecular complexity index is 1040. The van der Waals surface area contributed by atoms with Gasteiger partial charge in [0.2, 0.25) is 0 Å². The van der Waals surface area contributed by atoms with E-state index in [0.29, 0.717) is 11.3 Å². The molecule has 1 aromatic carbocycles. The van der Waals surface area contributed by atoms with Crippen LogP contribution in [-0.4, -0.2) is 39.4 Å². The highest BCUT2D eigenvalue weighted by Gasteiger charge is 2.58. The van der Waals surface area contributed by atoms with Gasteiger partial charge in [0.05, 0.1) is 0 Å². The monoisotopic (exact) mass is 498 g/mol. The summed E-state index contributed by atoms with van der Waals surface area (Å²) in [5.74, 6) is -5.74. The summed E-state index contributed by atoms with van der Waals surface area (Å²) in [6.45, 7) is 1.43. The SMILES string of the molecule is C[C@@](C(=O)N[C@@H]1CC2CC1CC2(F)F)(c1cncnc1)N(C(=O)[C@H](F)Cl)c1ccc(S)cc1. The van der Waals surface area contributed by atoms with Crippen LogP contribution in [0.2, 0.25) is 0 Å². The number of thiol groups is 1. The number of hydrogen-bond acceptors (Lipinski definition) is 5. The van der Waals surface area contributed by atoms with Gasteiger partial charge in [-0.1, -0.05) is 11.6 Å². The number of aromatic nitrogens is 2. The molecule has 1 heterocycles. The lowest BCUT2D eigenvalue weighted by Crippen LogP contribution is -2.60. The maximum Gasteiger partial charge on any atom is 0.278 e. The number of amides is 2. The van der Waals surface area contributed by atoms with E-state index in [4.69, 9.17) is 11.6 Å². The number of nitrogens with one attached hydrogen (secondary N) is 1. The topological polar surface area (TPSA) is 75.2 Å². The highest BCUT2D eigenvalue weighted by atomic mass is 35.5. The Labute approximate surface area is 199 Å². The lowest BCUT2D eigenvalue weighted by molar-refractivity contribution is -0.132. The van der Waals surface area contributed by atoms with Crippen LogP contribution in [0.4, 0.5) is 18.9 Å². The van der Waals surface area contributed by atoms with Crippen molar-refractivity contribution < 1.29 is 22.8 Å². The smallest absolute Gasteiger partial charge is 0.278 e. The molecule has 6 nitrogen and oxygen atoms in total. The second-order valence-corrected chi connectivity index (χ2v) is 9.56. The predicted octanol–water partition coefficient (Wildman–Crippen LogP) is 4.10. The number of carbonyl (C=O) groups is 2. The molecule has 4 rings (SSSR count). The molecule has 2 amide bonds. The number of rotatable bonds is 6. The quantitative estimate of drug-likeness (QED) is 0.464. The predicted molar refractivity (Wildman–Crippen MR) is 119 cm³/mol. The molecule has 1 aromatic heterocycles. The van der Waals surface area contributed by atoms with Gasteiger partial charge in [-0.05, 0) is 49.9 Å². The third kappa shape index (κ3) is 4.30. The van der Waals surface area contributed by atoms with Gasteiger partial charge in [0.25, 0.3) is 23.4 Å². The fourth-order valence-electron chi connectivity index (χ4n) is 4.91. The van der Waals surface area contributed by atoms with Gasteiger partial charge in [0.1, 0.15) is 6.33 Å². The van der Waals surface area contributed by atoms with E-state index in [1.807, 2.05) is 0 Å². The zero-order valence-electron chi connectivity index (χ0n) is 17.6. The minimum atomic E-state index is -2.74. The highest BCUT2D eigenvalue weighted by molar-refractivity contribution is 7.80. The average molecular weight is 499 g/mol. The van der Waals surface area contributed by atoms with E-state index in [1.54, 1.807) is 12.1 Å². The Hall–Kier alpha value is -2.33. The van der Waals surface area contributed by atoms with Crippen LogP contribution in [0.1, 0.15) is 31.7 Å². The summed E-state index contributed by atoms with van der Waals surface area (Å²) in [4.78, 5) is 36.2. The second kappa shape index (κ2) is 8.79. The summed E-state index contributed by atoms with van der Waals surface area (Å²) in [6.07, 6.45) is 4.10. The second-order valence-electron chi connectivity index (χ2n) is 8.66. The molecule has 2 fully saturated rings. The van der Waals surface area contributed by atoms with Crippen molar-refractivity contribution in [3.63, 3.8) is 0 Å². The van der Waals surface area contributed by atoms with Crippen LogP contribution in [-0.2, 0) is 15.1 Å². The van der Waals surface area contributed by atoms with Crippen molar-refractivity contribution in [2.75, 3.05) is 4.90 Å². The highest BCUT2D eigenvalue weighted by Crippen LogP contribution is 2.53. The number of nitrogens with zero attached hydrogens (tertiary/aromatic N) is 3. The molecule has 2 aromatic rings. The normalized spacial score (nSPS) is 25.8. The van der Waals surface area contributed by atoms with E-state index >= 15 is 0 Å². The fraction of sp³-hybridized carbons (Fsp3) is 0.455. The molecule has 2 aliphatic rings. The van der Waals surface area contributed by atoms with Crippen molar-refractivity contribution >= 4 is 41.7 Å². The number of carbonyl (C=O) groups excluding carboxylic acids is 2. The van der Waals surface area contributed by atoms with Crippen molar-refractivity contribution in [2.45, 2.75) is 54.2 Å². The number of hydrogen-bond donors (Lipinski definition) is 2. The first-order chi connectivity index (χ1) is 15.5. The minimum Gasteiger partial charge on any atom is -0.351 e. The zero-order chi connectivity index (χ0) is 24.0. The van der Waals surface area contributed by atoms with Gasteiger partial charge >= 0.3 is 0 Å². The number of benzene rings is 1. The Morgan fingerprint density at radius 3 is 2.39 bits per heavy atom. The van der Waals surface area contributed by atoms with E-state index < -0.39 is 40.9 Å². The van der Waals surface area contributed by atoms with Crippen molar-refractivity contribution in [1.82, 2.24) is 15.3 Å². The summed E-state index contributed by atoms with van der Waals surface area (Å²) < 4.78 is 42.1. The van der Waals surface area contributed by atoms with Gasteiger partial charge in [0.15, 0.2) is 5.54 Å². The molecule has 2 saturated carbocycles. The van der Waals surface area contributed by atoms with Crippen LogP contribution >= 0.6 is 24.2 Å². The summed E-state index contributed by atoms with van der Waals surface area (Å²) in [7, 11) is 0. The van der Waals surface area contributed by atoms with E-state index in [0.717, 1.165) is 4.90 Å². The molecule has 0 aliphatic heterocycles. The molecule has 0 saturated heterocycles. The molecule has 176 valence electrons. The first-order valence-corrected chi connectivity index (χ1v) is 11.3. The van der Waals surface area contributed by atoms with Crippen LogP contribution < -0.4 is 10.2 Å². The van der Waals surface area contributed by atoms with Crippen molar-refractivity contribution in [1.29, 1.82) is 0 Å². The lowest BCUT2D eigenvalue weighted by Gasteiger charge is -2.41. The molecular weight excluding hydrogens is 477 g/mol. The molecule has 11 heteroatoms. The minimum absolute atomic E-state index is 0.133. The Morgan fingerprint density at radius 1 is 1.24 bits per heavy atom. The summed E-state index contributed by atoms with van der Waals surface area (Å²) in [5.41, 5.74) is -3.85. The molecule has 2 aliphatic carbocycles. The van der Waals surface area contributed by atoms with E-state index in [9.17, 15) is 22.8 Å². The van der Waals surface area contributed by atoms with Gasteiger partial charge in [-0.25, -0.2) is 23.1 Å². The number of halogens is 4. The largest absolute Gasteiger partial charge is 0.351 e. The van der Waals surface area contributed by atoms with E-state index in [1.165, 1.54) is 37.8 Å². The summed E-state index contributed by atoms with van der Waals surface area (Å²) in [5, 5.41) is 2.84. The van der Waals surface area contributed by atoms with Gasteiger partial charge < -0.3 is 5.32 Å². The zero-order valence-corrected chi connectivity index (χ0v) is 19.2. The van der Waals surface area contributed by atoms with Gasteiger partial charge in [-0.2, -0.15) is 0 Å². The van der Waals surface area contributed by atoms with Crippen LogP contribution in [0.5, 0.6) is 0 Å². The summed E-state index contributed by atoms with van der Waals surface area (Å²) in [6, 6.07) is 5.69. The average Bonchev–Trinajstić information content (AvgIpc) is 3.31. The van der Waals surface area contributed by atoms with Gasteiger partial charge in [0, 0.05) is 46.9 Å². The summed E-state index contributed by atoms with van der Waals surface area (Å²) >= 11 is 9.76. The lowest BCUT2D eigenvalue weighted by atomic mass is 9.87. The molecule has 0 radical (unpaired) electrons. The van der Waals surface area contributed by atoms with Crippen molar-refractivity contribution in [3.8, 4) is 0 Å². The van der Waals surface area contributed by atoms with Crippen LogP contribution in [0.15, 0.2) is 47.9 Å². The number of fused-ring (bicyclic) bond motifs is 2. The molecule has 0 spiro atoms. The Balaban J connectivity index is 1.75. The van der Waals surface area contributed by atoms with E-state index in [2.05, 4.69) is 27.9 Å². The maximum atomic E-state index is 14.1. The molecule has 1 N–H and O–H groups in total. The van der Waals surface area contributed by atoms with Gasteiger partial charge in [-0.3, -0.25) is 14.5 Å². The van der Waals surface area contributed by atoms with Crippen molar-refractivity contribution in [2.24, 2.45) is 11.8 Å². The fourth-order valence-corrected chi connectivity index (χ4v) is 5.16. The Kier molecular flexibility index (Phi) is 6.34. The first kappa shape index (κ1) is 23.8. The number of anilines is 1.